The summed E-state index contributed by atoms with van der Waals surface area (Å²) in [7, 11) is 1.69. The van der Waals surface area contributed by atoms with Crippen LogP contribution in [0.3, 0.4) is 0 Å². The van der Waals surface area contributed by atoms with E-state index in [0.29, 0.717) is 6.04 Å². The molecule has 0 bridgehead atoms. The Kier molecular flexibility index (Phi) is 3.75. The maximum absolute atomic E-state index is 5.38. The monoisotopic (exact) mass is 279 g/mol. The van der Waals surface area contributed by atoms with Crippen LogP contribution in [0.1, 0.15) is 38.3 Å². The van der Waals surface area contributed by atoms with Crippen molar-refractivity contribution in [1.82, 2.24) is 14.7 Å². The van der Waals surface area contributed by atoms with E-state index in [2.05, 4.69) is 33.2 Å². The largest absolute Gasteiger partial charge is 0.480 e. The van der Waals surface area contributed by atoms with Crippen LogP contribution >= 0.6 is 11.3 Å². The molecule has 0 aliphatic heterocycles. The zero-order valence-electron chi connectivity index (χ0n) is 11.6. The summed E-state index contributed by atoms with van der Waals surface area (Å²) in [5.74, 6) is 1.65. The van der Waals surface area contributed by atoms with Crippen LogP contribution < -0.4 is 10.1 Å². The highest BCUT2D eigenvalue weighted by atomic mass is 32.1. The molecular weight excluding hydrogens is 258 g/mol. The van der Waals surface area contributed by atoms with Gasteiger partial charge in [-0.3, -0.25) is 4.40 Å². The molecule has 2 heterocycles. The average molecular weight is 279 g/mol. The van der Waals surface area contributed by atoms with Gasteiger partial charge in [-0.05, 0) is 31.6 Å². The molecule has 4 nitrogen and oxygen atoms in total. The van der Waals surface area contributed by atoms with Crippen molar-refractivity contribution in [2.45, 2.75) is 45.2 Å². The van der Waals surface area contributed by atoms with Crippen molar-refractivity contribution in [3.05, 3.63) is 17.3 Å². The number of hydrogen-bond donors (Lipinski definition) is 1. The molecule has 0 amide bonds. The van der Waals surface area contributed by atoms with Gasteiger partial charge in [-0.1, -0.05) is 6.92 Å². The lowest BCUT2D eigenvalue weighted by atomic mass is 9.87. The van der Waals surface area contributed by atoms with E-state index in [4.69, 9.17) is 4.74 Å². The van der Waals surface area contributed by atoms with Gasteiger partial charge in [-0.15, -0.1) is 11.3 Å². The third-order valence-corrected chi connectivity index (χ3v) is 4.85. The van der Waals surface area contributed by atoms with Crippen molar-refractivity contribution in [3.8, 4) is 5.88 Å². The van der Waals surface area contributed by atoms with Crippen LogP contribution in [0.15, 0.2) is 11.6 Å². The molecule has 2 aromatic rings. The first-order valence-corrected chi connectivity index (χ1v) is 7.87. The van der Waals surface area contributed by atoms with Gasteiger partial charge >= 0.3 is 0 Å². The van der Waals surface area contributed by atoms with E-state index < -0.39 is 0 Å². The van der Waals surface area contributed by atoms with Crippen molar-refractivity contribution in [2.75, 3.05) is 7.11 Å². The lowest BCUT2D eigenvalue weighted by Crippen LogP contribution is -2.32. The number of ether oxygens (including phenoxy) is 1. The van der Waals surface area contributed by atoms with Gasteiger partial charge in [0.15, 0.2) is 4.96 Å². The van der Waals surface area contributed by atoms with E-state index in [1.54, 1.807) is 18.4 Å². The van der Waals surface area contributed by atoms with Crippen molar-refractivity contribution < 1.29 is 4.74 Å². The van der Waals surface area contributed by atoms with Crippen LogP contribution in [0.25, 0.3) is 4.96 Å². The Morgan fingerprint density at radius 3 is 2.95 bits per heavy atom. The molecule has 0 spiro atoms. The van der Waals surface area contributed by atoms with E-state index in [1.807, 2.05) is 0 Å². The topological polar surface area (TPSA) is 38.6 Å². The van der Waals surface area contributed by atoms with Crippen LogP contribution in [0.2, 0.25) is 0 Å². The SMILES string of the molecule is COc1nc2sccn2c1CNC1CCC(C)CC1. The maximum Gasteiger partial charge on any atom is 0.237 e. The number of methoxy groups -OCH3 is 1. The molecule has 1 aliphatic rings. The maximum atomic E-state index is 5.38. The first-order chi connectivity index (χ1) is 9.28. The predicted octanol–water partition coefficient (Wildman–Crippen LogP) is 3.07. The van der Waals surface area contributed by atoms with Gasteiger partial charge in [0, 0.05) is 24.2 Å². The number of nitrogens with one attached hydrogen (secondary N) is 1. The van der Waals surface area contributed by atoms with Gasteiger partial charge in [0.2, 0.25) is 5.88 Å². The highest BCUT2D eigenvalue weighted by Crippen LogP contribution is 2.26. The number of hydrogen-bond acceptors (Lipinski definition) is 4. The minimum atomic E-state index is 0.644. The third-order valence-electron chi connectivity index (χ3n) is 4.09. The van der Waals surface area contributed by atoms with E-state index in [1.165, 1.54) is 25.7 Å². The molecule has 0 radical (unpaired) electrons. The van der Waals surface area contributed by atoms with Crippen LogP contribution in [0, 0.1) is 5.92 Å². The standard InChI is InChI=1S/C14H21N3OS/c1-10-3-5-11(6-4-10)15-9-12-13(18-2)16-14-17(12)7-8-19-14/h7-8,10-11,15H,3-6,9H2,1-2H3. The highest BCUT2D eigenvalue weighted by Gasteiger charge is 2.19. The van der Waals surface area contributed by atoms with Crippen LogP contribution in [0.4, 0.5) is 0 Å². The summed E-state index contributed by atoms with van der Waals surface area (Å²) in [4.78, 5) is 5.49. The van der Waals surface area contributed by atoms with Crippen molar-refractivity contribution >= 4 is 16.3 Å². The molecule has 5 heteroatoms. The predicted molar refractivity (Wildman–Crippen MR) is 77.9 cm³/mol. The van der Waals surface area contributed by atoms with Gasteiger partial charge in [0.05, 0.1) is 7.11 Å². The van der Waals surface area contributed by atoms with E-state index >= 15 is 0 Å². The fourth-order valence-corrected chi connectivity index (χ4v) is 3.57. The second kappa shape index (κ2) is 5.51. The second-order valence-corrected chi connectivity index (χ2v) is 6.33. The summed E-state index contributed by atoms with van der Waals surface area (Å²) >= 11 is 1.64. The summed E-state index contributed by atoms with van der Waals surface area (Å²) in [6, 6.07) is 0.644. The fourth-order valence-electron chi connectivity index (χ4n) is 2.84. The van der Waals surface area contributed by atoms with E-state index in [9.17, 15) is 0 Å². The van der Waals surface area contributed by atoms with Gasteiger partial charge < -0.3 is 10.1 Å². The summed E-state index contributed by atoms with van der Waals surface area (Å²) < 4.78 is 7.51. The summed E-state index contributed by atoms with van der Waals surface area (Å²) in [5.41, 5.74) is 1.14. The number of fused-ring (bicyclic) bond motifs is 1. The molecule has 104 valence electrons. The molecule has 0 unspecified atom stereocenters. The lowest BCUT2D eigenvalue weighted by Gasteiger charge is -2.27. The number of aromatic nitrogens is 2. The Hall–Kier alpha value is -1.07. The highest BCUT2D eigenvalue weighted by molar-refractivity contribution is 7.15. The van der Waals surface area contributed by atoms with Gasteiger partial charge in [0.25, 0.3) is 0 Å². The van der Waals surface area contributed by atoms with Gasteiger partial charge in [-0.25, -0.2) is 0 Å². The molecular formula is C14H21N3OS. The van der Waals surface area contributed by atoms with E-state index in [-0.39, 0.29) is 0 Å². The zero-order valence-corrected chi connectivity index (χ0v) is 12.4. The van der Waals surface area contributed by atoms with E-state index in [0.717, 1.165) is 29.0 Å². The molecule has 3 rings (SSSR count). The normalized spacial score (nSPS) is 23.9. The van der Waals surface area contributed by atoms with Crippen LogP contribution in [-0.4, -0.2) is 22.5 Å². The Morgan fingerprint density at radius 2 is 2.21 bits per heavy atom. The molecule has 1 fully saturated rings. The van der Waals surface area contributed by atoms with Crippen LogP contribution in [0.5, 0.6) is 5.88 Å². The molecule has 2 aromatic heterocycles. The van der Waals surface area contributed by atoms with Crippen molar-refractivity contribution in [3.63, 3.8) is 0 Å². The van der Waals surface area contributed by atoms with Crippen molar-refractivity contribution in [2.24, 2.45) is 5.92 Å². The summed E-state index contributed by atoms with van der Waals surface area (Å²) in [6.45, 7) is 3.19. The second-order valence-electron chi connectivity index (χ2n) is 5.46. The fraction of sp³-hybridized carbons (Fsp3) is 0.643. The first-order valence-electron chi connectivity index (χ1n) is 6.99. The zero-order chi connectivity index (χ0) is 13.2. The average Bonchev–Trinajstić information content (AvgIpc) is 2.99. The Balaban J connectivity index is 1.69. The number of imidazole rings is 1. The minimum absolute atomic E-state index is 0.644. The molecule has 0 atom stereocenters. The lowest BCUT2D eigenvalue weighted by molar-refractivity contribution is 0.303. The quantitative estimate of drug-likeness (QED) is 0.934. The third kappa shape index (κ3) is 2.62. The molecule has 1 saturated carbocycles. The smallest absolute Gasteiger partial charge is 0.237 e. The number of rotatable bonds is 4. The first kappa shape index (κ1) is 12.9. The summed E-state index contributed by atoms with van der Waals surface area (Å²) in [6.07, 6.45) is 7.32. The number of thiazole rings is 1. The minimum Gasteiger partial charge on any atom is -0.480 e. The van der Waals surface area contributed by atoms with Crippen LogP contribution in [-0.2, 0) is 6.54 Å². The molecule has 0 saturated heterocycles. The number of nitrogens with zero attached hydrogens (tertiary/aromatic N) is 2. The Labute approximate surface area is 117 Å². The molecule has 1 aliphatic carbocycles. The molecule has 0 aromatic carbocycles. The molecule has 1 N–H and O–H groups in total. The Morgan fingerprint density at radius 1 is 1.42 bits per heavy atom. The van der Waals surface area contributed by atoms with Crippen molar-refractivity contribution in [1.29, 1.82) is 0 Å². The van der Waals surface area contributed by atoms with Gasteiger partial charge in [-0.2, -0.15) is 4.98 Å². The van der Waals surface area contributed by atoms with Gasteiger partial charge in [0.1, 0.15) is 5.69 Å². The summed E-state index contributed by atoms with van der Waals surface area (Å²) in [5, 5.41) is 5.73. The Bertz CT molecular complexity index is 540. The molecule has 19 heavy (non-hydrogen) atoms.